The third kappa shape index (κ3) is 5.31. The van der Waals surface area contributed by atoms with Gasteiger partial charge in [0.25, 0.3) is 0 Å². The Morgan fingerprint density at radius 2 is 1.64 bits per heavy atom. The molecule has 1 saturated carbocycles. The quantitative estimate of drug-likeness (QED) is 0.694. The van der Waals surface area contributed by atoms with E-state index in [9.17, 15) is 9.59 Å². The Kier molecular flexibility index (Phi) is 6.04. The molecule has 0 aromatic heterocycles. The van der Waals surface area contributed by atoms with Crippen LogP contribution in [0.25, 0.3) is 10.8 Å². The molecule has 4 heteroatoms. The van der Waals surface area contributed by atoms with Crippen LogP contribution >= 0.6 is 0 Å². The van der Waals surface area contributed by atoms with Gasteiger partial charge in [-0.3, -0.25) is 9.59 Å². The van der Waals surface area contributed by atoms with Crippen molar-refractivity contribution in [3.63, 3.8) is 0 Å². The van der Waals surface area contributed by atoms with E-state index in [2.05, 4.69) is 6.07 Å². The Morgan fingerprint density at radius 1 is 0.920 bits per heavy atom. The van der Waals surface area contributed by atoms with Gasteiger partial charge in [-0.2, -0.15) is 0 Å². The Bertz CT molecular complexity index is 732. The van der Waals surface area contributed by atoms with Crippen molar-refractivity contribution < 1.29 is 19.1 Å². The highest BCUT2D eigenvalue weighted by molar-refractivity contribution is 5.83. The summed E-state index contributed by atoms with van der Waals surface area (Å²) in [5, 5.41) is 2.30. The molecule has 0 N–H and O–H groups in total. The smallest absolute Gasteiger partial charge is 0.306 e. The maximum Gasteiger partial charge on any atom is 0.306 e. The van der Waals surface area contributed by atoms with E-state index in [-0.39, 0.29) is 37.5 Å². The maximum absolute atomic E-state index is 11.8. The topological polar surface area (TPSA) is 52.6 Å². The molecule has 1 aliphatic rings. The number of esters is 2. The zero-order valence-electron chi connectivity index (χ0n) is 14.4. The lowest BCUT2D eigenvalue weighted by molar-refractivity contribution is -0.149. The number of ether oxygens (including phenoxy) is 2. The second kappa shape index (κ2) is 8.65. The number of rotatable bonds is 7. The predicted molar refractivity (Wildman–Crippen MR) is 95.9 cm³/mol. The molecule has 0 bridgehead atoms. The van der Waals surface area contributed by atoms with Gasteiger partial charge in [0, 0.05) is 12.8 Å². The van der Waals surface area contributed by atoms with Crippen LogP contribution < -0.4 is 0 Å². The summed E-state index contributed by atoms with van der Waals surface area (Å²) in [6.07, 6.45) is 5.31. The average molecular weight is 340 g/mol. The number of carbonyl (C=O) groups excluding carboxylic acids is 2. The molecule has 0 saturated heterocycles. The van der Waals surface area contributed by atoms with Crippen molar-refractivity contribution in [2.45, 2.75) is 57.7 Å². The van der Waals surface area contributed by atoms with Gasteiger partial charge in [0.1, 0.15) is 12.7 Å². The molecule has 2 aromatic carbocycles. The van der Waals surface area contributed by atoms with Gasteiger partial charge < -0.3 is 9.47 Å². The van der Waals surface area contributed by atoms with Crippen LogP contribution in [0.2, 0.25) is 0 Å². The van der Waals surface area contributed by atoms with Crippen molar-refractivity contribution in [3.8, 4) is 0 Å². The highest BCUT2D eigenvalue weighted by Gasteiger charge is 2.19. The van der Waals surface area contributed by atoms with Crippen molar-refractivity contribution in [1.82, 2.24) is 0 Å². The normalized spacial score (nSPS) is 14.6. The van der Waals surface area contributed by atoms with Crippen LogP contribution in [0.1, 0.15) is 50.5 Å². The lowest BCUT2D eigenvalue weighted by Gasteiger charge is -2.11. The minimum absolute atomic E-state index is 0.0901. The second-order valence-corrected chi connectivity index (χ2v) is 6.59. The summed E-state index contributed by atoms with van der Waals surface area (Å²) in [5.41, 5.74) is 0.965. The first-order chi connectivity index (χ1) is 12.2. The van der Waals surface area contributed by atoms with Gasteiger partial charge in [-0.25, -0.2) is 0 Å². The van der Waals surface area contributed by atoms with Crippen LogP contribution in [0.5, 0.6) is 0 Å². The molecule has 3 rings (SSSR count). The first-order valence-electron chi connectivity index (χ1n) is 9.03. The van der Waals surface area contributed by atoms with E-state index in [1.54, 1.807) is 0 Å². The minimum Gasteiger partial charge on any atom is -0.462 e. The summed E-state index contributed by atoms with van der Waals surface area (Å²) in [6, 6.07) is 14.1. The third-order valence-corrected chi connectivity index (χ3v) is 4.58. The van der Waals surface area contributed by atoms with E-state index in [4.69, 9.17) is 9.47 Å². The summed E-state index contributed by atoms with van der Waals surface area (Å²) in [6.45, 7) is 0.260. The van der Waals surface area contributed by atoms with Gasteiger partial charge in [-0.15, -0.1) is 0 Å². The third-order valence-electron chi connectivity index (χ3n) is 4.58. The van der Waals surface area contributed by atoms with Gasteiger partial charge in [-0.05, 0) is 54.5 Å². The van der Waals surface area contributed by atoms with Crippen molar-refractivity contribution in [3.05, 3.63) is 48.0 Å². The molecule has 0 atom stereocenters. The first-order valence-corrected chi connectivity index (χ1v) is 9.03. The summed E-state index contributed by atoms with van der Waals surface area (Å²) in [7, 11) is 0. The van der Waals surface area contributed by atoms with Gasteiger partial charge >= 0.3 is 11.9 Å². The van der Waals surface area contributed by atoms with Gasteiger partial charge in [0.15, 0.2) is 0 Å². The SMILES string of the molecule is O=C(CCCC(=O)OC1CCCC1)OCc1ccc2ccccc2c1. The predicted octanol–water partition coefficient (Wildman–Crippen LogP) is 4.54. The summed E-state index contributed by atoms with van der Waals surface area (Å²) < 4.78 is 10.7. The molecular weight excluding hydrogens is 316 g/mol. The van der Waals surface area contributed by atoms with Gasteiger partial charge in [0.2, 0.25) is 0 Å². The average Bonchev–Trinajstić information content (AvgIpc) is 3.12. The fourth-order valence-electron chi connectivity index (χ4n) is 3.19. The second-order valence-electron chi connectivity index (χ2n) is 6.59. The minimum atomic E-state index is -0.276. The molecule has 4 nitrogen and oxygen atoms in total. The van der Waals surface area contributed by atoms with Crippen molar-refractivity contribution >= 4 is 22.7 Å². The molecular formula is C21H24O4. The van der Waals surface area contributed by atoms with Gasteiger partial charge in [0.05, 0.1) is 0 Å². The summed E-state index contributed by atoms with van der Waals surface area (Å²) in [5.74, 6) is -0.476. The number of hydrogen-bond donors (Lipinski definition) is 0. The van der Waals surface area contributed by atoms with E-state index in [0.29, 0.717) is 6.42 Å². The van der Waals surface area contributed by atoms with Crippen LogP contribution in [-0.2, 0) is 25.7 Å². The fraction of sp³-hybridized carbons (Fsp3) is 0.429. The van der Waals surface area contributed by atoms with E-state index in [1.807, 2.05) is 36.4 Å². The van der Waals surface area contributed by atoms with Crippen LogP contribution in [0.3, 0.4) is 0 Å². The Hall–Kier alpha value is -2.36. The molecule has 1 aliphatic carbocycles. The van der Waals surface area contributed by atoms with E-state index >= 15 is 0 Å². The van der Waals surface area contributed by atoms with E-state index in [0.717, 1.165) is 36.6 Å². The van der Waals surface area contributed by atoms with Crippen molar-refractivity contribution in [1.29, 1.82) is 0 Å². The first kappa shape index (κ1) is 17.5. The molecule has 2 aromatic rings. The zero-order valence-corrected chi connectivity index (χ0v) is 14.4. The molecule has 25 heavy (non-hydrogen) atoms. The van der Waals surface area contributed by atoms with Crippen LogP contribution in [0.4, 0.5) is 0 Å². The van der Waals surface area contributed by atoms with Crippen molar-refractivity contribution in [2.75, 3.05) is 0 Å². The lowest BCUT2D eigenvalue weighted by atomic mass is 10.1. The van der Waals surface area contributed by atoms with Crippen molar-refractivity contribution in [2.24, 2.45) is 0 Å². The summed E-state index contributed by atoms with van der Waals surface area (Å²) >= 11 is 0. The number of fused-ring (bicyclic) bond motifs is 1. The Balaban J connectivity index is 1.36. The molecule has 0 heterocycles. The largest absolute Gasteiger partial charge is 0.462 e. The van der Waals surface area contributed by atoms with Crippen LogP contribution in [0, 0.1) is 0 Å². The van der Waals surface area contributed by atoms with Gasteiger partial charge in [-0.1, -0.05) is 36.4 Å². The van der Waals surface area contributed by atoms with Crippen LogP contribution in [0.15, 0.2) is 42.5 Å². The van der Waals surface area contributed by atoms with E-state index < -0.39 is 0 Å². The molecule has 132 valence electrons. The molecule has 0 amide bonds. The van der Waals surface area contributed by atoms with Crippen LogP contribution in [-0.4, -0.2) is 18.0 Å². The lowest BCUT2D eigenvalue weighted by Crippen LogP contribution is -2.15. The molecule has 0 spiro atoms. The summed E-state index contributed by atoms with van der Waals surface area (Å²) in [4.78, 5) is 23.5. The monoisotopic (exact) mass is 340 g/mol. The maximum atomic E-state index is 11.8. The number of carbonyl (C=O) groups is 2. The zero-order chi connectivity index (χ0) is 17.5. The highest BCUT2D eigenvalue weighted by atomic mass is 16.5. The van der Waals surface area contributed by atoms with E-state index in [1.165, 1.54) is 5.39 Å². The highest BCUT2D eigenvalue weighted by Crippen LogP contribution is 2.21. The Morgan fingerprint density at radius 3 is 2.44 bits per heavy atom. The number of benzene rings is 2. The standard InChI is InChI=1S/C21H24O4/c22-20(10-5-11-21(23)25-19-8-3-4-9-19)24-15-16-12-13-17-6-1-2-7-18(17)14-16/h1-2,6-7,12-14,19H,3-5,8-11,15H2. The Labute approximate surface area is 148 Å². The fourth-order valence-corrected chi connectivity index (χ4v) is 3.19. The molecule has 0 unspecified atom stereocenters. The molecule has 1 fully saturated rings. The molecule has 0 radical (unpaired) electrons. The molecule has 0 aliphatic heterocycles. The number of hydrogen-bond acceptors (Lipinski definition) is 4.